The van der Waals surface area contributed by atoms with Crippen molar-refractivity contribution >= 4 is 23.8 Å². The van der Waals surface area contributed by atoms with Gasteiger partial charge in [0.05, 0.1) is 23.6 Å². The van der Waals surface area contributed by atoms with Gasteiger partial charge in [-0.2, -0.15) is 0 Å². The zero-order chi connectivity index (χ0) is 35.0. The molecule has 0 bridgehead atoms. The summed E-state index contributed by atoms with van der Waals surface area (Å²) >= 11 is 0. The summed E-state index contributed by atoms with van der Waals surface area (Å²) < 4.78 is 10.9. The average Bonchev–Trinajstić information content (AvgIpc) is 3.49. The van der Waals surface area contributed by atoms with Crippen LogP contribution in [0.25, 0.3) is 0 Å². The highest BCUT2D eigenvalue weighted by Crippen LogP contribution is 2.44. The quantitative estimate of drug-likeness (QED) is 0.472. The van der Waals surface area contributed by atoms with E-state index in [9.17, 15) is 19.8 Å². The average molecular weight is 669 g/mol. The van der Waals surface area contributed by atoms with Crippen LogP contribution < -0.4 is 9.80 Å². The first kappa shape index (κ1) is 35.5. The summed E-state index contributed by atoms with van der Waals surface area (Å²) in [5, 5.41) is 20.2. The van der Waals surface area contributed by atoms with Crippen molar-refractivity contribution in [3.63, 3.8) is 0 Å². The topological polar surface area (TPSA) is 158 Å². The second-order valence-corrected chi connectivity index (χ2v) is 15.2. The molecule has 0 unspecified atom stereocenters. The monoisotopic (exact) mass is 668 g/mol. The van der Waals surface area contributed by atoms with Crippen LogP contribution >= 0.6 is 0 Å². The molecule has 4 heterocycles. The Morgan fingerprint density at radius 1 is 0.625 bits per heavy atom. The van der Waals surface area contributed by atoms with Crippen LogP contribution in [0, 0.1) is 0 Å². The molecule has 48 heavy (non-hydrogen) atoms. The highest BCUT2D eigenvalue weighted by atomic mass is 16.6. The van der Waals surface area contributed by atoms with Gasteiger partial charge in [-0.1, -0.05) is 13.8 Å². The van der Waals surface area contributed by atoms with Crippen molar-refractivity contribution < 1.29 is 29.3 Å². The number of amides is 2. The number of nitrogens with zero attached hydrogens (tertiary/aromatic N) is 8. The Bertz CT molecular complexity index is 1350. The SMILES string of the molecule is C[C@@H]1C[C@@H](O)c2ncnc(N3CCN(C(=O)OC(C)(C)C)CC3)c21.C[C@@H]1C[C@H](O)c2ncnc(N3CCN(C(=O)OC(C)(C)C)CC3)c21. The van der Waals surface area contributed by atoms with Gasteiger partial charge in [0.2, 0.25) is 0 Å². The lowest BCUT2D eigenvalue weighted by atomic mass is 10.1. The smallest absolute Gasteiger partial charge is 0.410 e. The molecule has 0 aromatic carbocycles. The molecule has 14 heteroatoms. The summed E-state index contributed by atoms with van der Waals surface area (Å²) in [5.41, 5.74) is 2.65. The molecule has 14 nitrogen and oxygen atoms in total. The first-order valence-electron chi connectivity index (χ1n) is 17.0. The standard InChI is InChI=1S/2C17H26N4O3/c2*1-11-9-12(22)14-13(11)15(19-10-18-14)20-5-7-21(8-6-20)16(23)24-17(2,3)4/h2*10-12,22H,5-9H2,1-4H3/t11-,12+;11-,12-/m11/s1. The number of carbonyl (C=O) groups is 2. The summed E-state index contributed by atoms with van der Waals surface area (Å²) in [6.45, 7) is 20.6. The van der Waals surface area contributed by atoms with Gasteiger partial charge >= 0.3 is 12.2 Å². The molecule has 2 aliphatic heterocycles. The molecule has 4 aliphatic rings. The van der Waals surface area contributed by atoms with Gasteiger partial charge in [-0.05, 0) is 66.2 Å². The Kier molecular flexibility index (Phi) is 10.4. The maximum Gasteiger partial charge on any atom is 0.410 e. The molecule has 0 radical (unpaired) electrons. The van der Waals surface area contributed by atoms with E-state index in [0.717, 1.165) is 34.2 Å². The van der Waals surface area contributed by atoms with Crippen LogP contribution in [0.15, 0.2) is 12.7 Å². The molecule has 2 aliphatic carbocycles. The van der Waals surface area contributed by atoms with E-state index in [-0.39, 0.29) is 24.0 Å². The van der Waals surface area contributed by atoms with Gasteiger partial charge < -0.3 is 39.3 Å². The van der Waals surface area contributed by atoms with Gasteiger partial charge in [-0.25, -0.2) is 29.5 Å². The largest absolute Gasteiger partial charge is 0.444 e. The van der Waals surface area contributed by atoms with E-state index < -0.39 is 23.4 Å². The van der Waals surface area contributed by atoms with Crippen molar-refractivity contribution in [1.29, 1.82) is 0 Å². The van der Waals surface area contributed by atoms with E-state index in [4.69, 9.17) is 9.47 Å². The third kappa shape index (κ3) is 8.08. The summed E-state index contributed by atoms with van der Waals surface area (Å²) in [4.78, 5) is 49.6. The lowest BCUT2D eigenvalue weighted by Crippen LogP contribution is -2.50. The number of carbonyl (C=O) groups excluding carboxylic acids is 2. The maximum absolute atomic E-state index is 12.2. The van der Waals surface area contributed by atoms with Crippen molar-refractivity contribution in [3.05, 3.63) is 35.2 Å². The van der Waals surface area contributed by atoms with Gasteiger partial charge in [-0.15, -0.1) is 0 Å². The second kappa shape index (κ2) is 14.0. The van der Waals surface area contributed by atoms with Crippen LogP contribution in [0.4, 0.5) is 21.2 Å². The van der Waals surface area contributed by atoms with Crippen LogP contribution in [0.3, 0.4) is 0 Å². The Balaban J connectivity index is 0.000000188. The normalized spacial score (nSPS) is 24.0. The van der Waals surface area contributed by atoms with Crippen LogP contribution in [-0.4, -0.2) is 116 Å². The van der Waals surface area contributed by atoms with Crippen LogP contribution in [0.5, 0.6) is 0 Å². The Labute approximate surface area is 283 Å². The number of anilines is 2. The number of piperazine rings is 2. The predicted octanol–water partition coefficient (Wildman–Crippen LogP) is 4.15. The zero-order valence-corrected chi connectivity index (χ0v) is 29.6. The van der Waals surface area contributed by atoms with Crippen molar-refractivity contribution in [2.45, 2.75) is 103 Å². The van der Waals surface area contributed by atoms with E-state index in [1.54, 1.807) is 9.80 Å². The minimum absolute atomic E-state index is 0.245. The van der Waals surface area contributed by atoms with E-state index in [2.05, 4.69) is 43.6 Å². The Hall–Kier alpha value is -3.78. The number of fused-ring (bicyclic) bond motifs is 2. The van der Waals surface area contributed by atoms with Gasteiger partial charge in [0.1, 0.15) is 35.5 Å². The Morgan fingerprint density at radius 2 is 0.958 bits per heavy atom. The number of hydrogen-bond acceptors (Lipinski definition) is 12. The molecule has 0 saturated carbocycles. The molecule has 2 fully saturated rings. The van der Waals surface area contributed by atoms with Crippen LogP contribution in [0.2, 0.25) is 0 Å². The summed E-state index contributed by atoms with van der Waals surface area (Å²) in [7, 11) is 0. The third-order valence-electron chi connectivity index (χ3n) is 9.02. The molecule has 264 valence electrons. The molecule has 2 saturated heterocycles. The molecule has 2 aromatic rings. The molecule has 2 N–H and O–H groups in total. The zero-order valence-electron chi connectivity index (χ0n) is 29.6. The maximum atomic E-state index is 12.2. The third-order valence-corrected chi connectivity index (χ3v) is 9.02. The number of aromatic nitrogens is 4. The van der Waals surface area contributed by atoms with Crippen molar-refractivity contribution in [2.75, 3.05) is 62.2 Å². The van der Waals surface area contributed by atoms with Gasteiger partial charge in [0.25, 0.3) is 0 Å². The fraction of sp³-hybridized carbons (Fsp3) is 0.706. The molecule has 4 atom stereocenters. The first-order chi connectivity index (χ1) is 22.5. The van der Waals surface area contributed by atoms with Crippen LogP contribution in [0.1, 0.15) is 115 Å². The van der Waals surface area contributed by atoms with Gasteiger partial charge in [0, 0.05) is 63.5 Å². The van der Waals surface area contributed by atoms with Gasteiger partial charge in [0.15, 0.2) is 0 Å². The molecule has 0 spiro atoms. The highest BCUT2D eigenvalue weighted by molar-refractivity contribution is 5.69. The van der Waals surface area contributed by atoms with Crippen LogP contribution in [-0.2, 0) is 9.47 Å². The highest BCUT2D eigenvalue weighted by Gasteiger charge is 2.36. The minimum Gasteiger partial charge on any atom is -0.444 e. The number of hydrogen-bond donors (Lipinski definition) is 2. The van der Waals surface area contributed by atoms with E-state index in [1.165, 1.54) is 12.7 Å². The Morgan fingerprint density at radius 3 is 1.27 bits per heavy atom. The molecule has 2 amide bonds. The molecular formula is C34H52N8O6. The number of ether oxygens (including phenoxy) is 2. The van der Waals surface area contributed by atoms with E-state index >= 15 is 0 Å². The predicted molar refractivity (Wildman–Crippen MR) is 180 cm³/mol. The number of rotatable bonds is 2. The van der Waals surface area contributed by atoms with Crippen molar-refractivity contribution in [3.8, 4) is 0 Å². The van der Waals surface area contributed by atoms with Gasteiger partial charge in [-0.3, -0.25) is 0 Å². The van der Waals surface area contributed by atoms with Crippen molar-refractivity contribution in [1.82, 2.24) is 29.7 Å². The lowest BCUT2D eigenvalue weighted by molar-refractivity contribution is 0.0230. The van der Waals surface area contributed by atoms with E-state index in [0.29, 0.717) is 65.2 Å². The van der Waals surface area contributed by atoms with Crippen molar-refractivity contribution in [2.24, 2.45) is 0 Å². The number of aliphatic hydroxyl groups excluding tert-OH is 2. The molecular weight excluding hydrogens is 616 g/mol. The molecule has 2 aromatic heterocycles. The fourth-order valence-electron chi connectivity index (χ4n) is 6.76. The second-order valence-electron chi connectivity index (χ2n) is 15.2. The molecule has 6 rings (SSSR count). The number of aliphatic hydroxyl groups is 2. The summed E-state index contributed by atoms with van der Waals surface area (Å²) in [6.07, 6.45) is 2.90. The first-order valence-corrected chi connectivity index (χ1v) is 17.0. The fourth-order valence-corrected chi connectivity index (χ4v) is 6.76. The summed E-state index contributed by atoms with van der Waals surface area (Å²) in [5.74, 6) is 2.28. The van der Waals surface area contributed by atoms with E-state index in [1.807, 2.05) is 41.5 Å². The summed E-state index contributed by atoms with van der Waals surface area (Å²) in [6, 6.07) is 0. The minimum atomic E-state index is -0.500. The lowest BCUT2D eigenvalue weighted by Gasteiger charge is -2.37.